The summed E-state index contributed by atoms with van der Waals surface area (Å²) in [5.74, 6) is 0.0579. The number of halogens is 1. The van der Waals surface area contributed by atoms with Gasteiger partial charge in [0.05, 0.1) is 6.04 Å². The van der Waals surface area contributed by atoms with Gasteiger partial charge in [0.15, 0.2) is 0 Å². The monoisotopic (exact) mass is 351 g/mol. The normalized spacial score (nSPS) is 22.5. The molecule has 2 heterocycles. The molecule has 1 aromatic rings. The molecular formula is C18H26ClN3O2. The minimum absolute atomic E-state index is 0. The summed E-state index contributed by atoms with van der Waals surface area (Å²) >= 11 is 0. The molecule has 2 N–H and O–H groups in total. The molecule has 1 aromatic carbocycles. The zero-order valence-corrected chi connectivity index (χ0v) is 14.9. The van der Waals surface area contributed by atoms with Crippen molar-refractivity contribution in [2.24, 2.45) is 0 Å². The van der Waals surface area contributed by atoms with Crippen LogP contribution >= 0.6 is 12.4 Å². The van der Waals surface area contributed by atoms with Crippen LogP contribution in [0.5, 0.6) is 0 Å². The van der Waals surface area contributed by atoms with E-state index in [2.05, 4.69) is 22.8 Å². The van der Waals surface area contributed by atoms with E-state index < -0.39 is 0 Å². The number of likely N-dealkylation sites (tertiary alicyclic amines) is 1. The Kier molecular flexibility index (Phi) is 6.63. The minimum atomic E-state index is -0.298. The van der Waals surface area contributed by atoms with Crippen molar-refractivity contribution >= 4 is 24.2 Å². The first-order valence-electron chi connectivity index (χ1n) is 8.59. The van der Waals surface area contributed by atoms with E-state index >= 15 is 0 Å². The lowest BCUT2D eigenvalue weighted by Gasteiger charge is -2.31. The van der Waals surface area contributed by atoms with E-state index in [4.69, 9.17) is 0 Å². The number of hydrogen-bond donors (Lipinski definition) is 2. The van der Waals surface area contributed by atoms with Crippen molar-refractivity contribution in [2.45, 2.75) is 51.2 Å². The van der Waals surface area contributed by atoms with Crippen LogP contribution < -0.4 is 10.6 Å². The van der Waals surface area contributed by atoms with Gasteiger partial charge in [0.2, 0.25) is 11.8 Å². The first kappa shape index (κ1) is 18.7. The smallest absolute Gasteiger partial charge is 0.242 e. The number of benzene rings is 1. The van der Waals surface area contributed by atoms with Crippen molar-refractivity contribution < 1.29 is 9.59 Å². The maximum absolute atomic E-state index is 12.9. The Labute approximate surface area is 149 Å². The number of carbonyl (C=O) groups excluding carboxylic acids is 2. The Morgan fingerprint density at radius 3 is 2.79 bits per heavy atom. The molecule has 5 nitrogen and oxygen atoms in total. The molecule has 0 aliphatic carbocycles. The van der Waals surface area contributed by atoms with Crippen molar-refractivity contribution in [3.8, 4) is 0 Å². The summed E-state index contributed by atoms with van der Waals surface area (Å²) < 4.78 is 0. The Bertz CT molecular complexity index is 593. The highest BCUT2D eigenvalue weighted by Crippen LogP contribution is 2.22. The molecule has 2 atom stereocenters. The molecule has 132 valence electrons. The first-order chi connectivity index (χ1) is 11.2. The van der Waals surface area contributed by atoms with Gasteiger partial charge in [-0.15, -0.1) is 12.4 Å². The maximum atomic E-state index is 12.9. The van der Waals surface area contributed by atoms with Crippen LogP contribution in [-0.2, 0) is 22.6 Å². The second-order valence-corrected chi connectivity index (χ2v) is 6.39. The quantitative estimate of drug-likeness (QED) is 0.867. The van der Waals surface area contributed by atoms with E-state index in [0.717, 1.165) is 19.3 Å². The lowest BCUT2D eigenvalue weighted by Crippen LogP contribution is -2.54. The van der Waals surface area contributed by atoms with Gasteiger partial charge in [-0.2, -0.15) is 0 Å². The number of carbonyl (C=O) groups is 2. The van der Waals surface area contributed by atoms with Crippen LogP contribution in [0.1, 0.15) is 37.3 Å². The summed E-state index contributed by atoms with van der Waals surface area (Å²) in [5.41, 5.74) is 2.49. The van der Waals surface area contributed by atoms with Crippen LogP contribution in [0, 0.1) is 0 Å². The molecule has 0 bridgehead atoms. The van der Waals surface area contributed by atoms with Gasteiger partial charge in [0.1, 0.15) is 6.04 Å². The fraction of sp³-hybridized carbons (Fsp3) is 0.556. The molecule has 2 amide bonds. The van der Waals surface area contributed by atoms with E-state index in [0.29, 0.717) is 26.1 Å². The SMILES string of the molecule is CCCNC(=O)C1CCCN1C(=O)C1Cc2ccccc2CN1.Cl. The van der Waals surface area contributed by atoms with E-state index in [1.54, 1.807) is 4.90 Å². The number of fused-ring (bicyclic) bond motifs is 1. The van der Waals surface area contributed by atoms with E-state index in [1.807, 2.05) is 19.1 Å². The Morgan fingerprint density at radius 1 is 1.29 bits per heavy atom. The average Bonchev–Trinajstić information content (AvgIpc) is 3.08. The summed E-state index contributed by atoms with van der Waals surface area (Å²) in [7, 11) is 0. The van der Waals surface area contributed by atoms with Crippen molar-refractivity contribution in [2.75, 3.05) is 13.1 Å². The highest BCUT2D eigenvalue weighted by molar-refractivity contribution is 5.90. The molecule has 0 radical (unpaired) electrons. The number of rotatable bonds is 4. The summed E-state index contributed by atoms with van der Waals surface area (Å²) in [5, 5.41) is 6.26. The second-order valence-electron chi connectivity index (χ2n) is 6.39. The van der Waals surface area contributed by atoms with Crippen molar-refractivity contribution in [1.29, 1.82) is 0 Å². The molecule has 1 fully saturated rings. The summed E-state index contributed by atoms with van der Waals surface area (Å²) in [4.78, 5) is 26.9. The van der Waals surface area contributed by atoms with E-state index in [-0.39, 0.29) is 36.3 Å². The van der Waals surface area contributed by atoms with E-state index in [9.17, 15) is 9.59 Å². The number of hydrogen-bond acceptors (Lipinski definition) is 3. The third-order valence-corrected chi connectivity index (χ3v) is 4.77. The molecule has 0 saturated carbocycles. The Balaban J connectivity index is 0.00000208. The Morgan fingerprint density at radius 2 is 2.04 bits per heavy atom. The zero-order chi connectivity index (χ0) is 16.2. The largest absolute Gasteiger partial charge is 0.354 e. The van der Waals surface area contributed by atoms with Gasteiger partial charge in [-0.3, -0.25) is 9.59 Å². The van der Waals surface area contributed by atoms with Crippen LogP contribution in [0.3, 0.4) is 0 Å². The molecular weight excluding hydrogens is 326 g/mol. The van der Waals surface area contributed by atoms with Crippen molar-refractivity contribution in [3.63, 3.8) is 0 Å². The lowest BCUT2D eigenvalue weighted by atomic mass is 9.95. The average molecular weight is 352 g/mol. The van der Waals surface area contributed by atoms with Crippen molar-refractivity contribution in [3.05, 3.63) is 35.4 Å². The molecule has 2 aliphatic rings. The van der Waals surface area contributed by atoms with Crippen LogP contribution in [-0.4, -0.2) is 41.9 Å². The minimum Gasteiger partial charge on any atom is -0.354 e. The highest BCUT2D eigenvalue weighted by Gasteiger charge is 2.37. The lowest BCUT2D eigenvalue weighted by molar-refractivity contribution is -0.140. The maximum Gasteiger partial charge on any atom is 0.242 e. The zero-order valence-electron chi connectivity index (χ0n) is 14.1. The summed E-state index contributed by atoms with van der Waals surface area (Å²) in [6.07, 6.45) is 3.28. The molecule has 3 rings (SSSR count). The van der Waals surface area contributed by atoms with Crippen LogP contribution in [0.4, 0.5) is 0 Å². The number of nitrogens with one attached hydrogen (secondary N) is 2. The molecule has 24 heavy (non-hydrogen) atoms. The standard InChI is InChI=1S/C18H25N3O2.ClH/c1-2-9-19-17(22)16-8-5-10-21(16)18(23)15-11-13-6-3-4-7-14(13)12-20-15;/h3-4,6-7,15-16,20H,2,5,8-12H2,1H3,(H,19,22);1H. The predicted molar refractivity (Wildman–Crippen MR) is 96.1 cm³/mol. The highest BCUT2D eigenvalue weighted by atomic mass is 35.5. The predicted octanol–water partition coefficient (Wildman–Crippen LogP) is 1.64. The topological polar surface area (TPSA) is 61.4 Å². The van der Waals surface area contributed by atoms with Crippen LogP contribution in [0.2, 0.25) is 0 Å². The third-order valence-electron chi connectivity index (χ3n) is 4.77. The number of nitrogens with zero attached hydrogens (tertiary/aromatic N) is 1. The van der Waals surface area contributed by atoms with Gasteiger partial charge < -0.3 is 15.5 Å². The van der Waals surface area contributed by atoms with Crippen LogP contribution in [0.15, 0.2) is 24.3 Å². The van der Waals surface area contributed by atoms with E-state index in [1.165, 1.54) is 11.1 Å². The van der Waals surface area contributed by atoms with Gasteiger partial charge in [-0.1, -0.05) is 31.2 Å². The fourth-order valence-electron chi connectivity index (χ4n) is 3.50. The third kappa shape index (κ3) is 3.90. The molecule has 2 unspecified atom stereocenters. The van der Waals surface area contributed by atoms with Gasteiger partial charge in [-0.05, 0) is 36.8 Å². The molecule has 0 aromatic heterocycles. The summed E-state index contributed by atoms with van der Waals surface area (Å²) in [6, 6.07) is 7.71. The molecule has 6 heteroatoms. The second kappa shape index (κ2) is 8.49. The van der Waals surface area contributed by atoms with Gasteiger partial charge in [0, 0.05) is 19.6 Å². The first-order valence-corrected chi connectivity index (χ1v) is 8.59. The van der Waals surface area contributed by atoms with Gasteiger partial charge >= 0.3 is 0 Å². The Hall–Kier alpha value is -1.59. The molecule has 2 aliphatic heterocycles. The molecule has 1 saturated heterocycles. The molecule has 0 spiro atoms. The van der Waals surface area contributed by atoms with Gasteiger partial charge in [-0.25, -0.2) is 0 Å². The number of amides is 2. The summed E-state index contributed by atoms with van der Waals surface area (Å²) in [6.45, 7) is 4.10. The van der Waals surface area contributed by atoms with Crippen LogP contribution in [0.25, 0.3) is 0 Å². The van der Waals surface area contributed by atoms with Gasteiger partial charge in [0.25, 0.3) is 0 Å². The fourth-order valence-corrected chi connectivity index (χ4v) is 3.50. The van der Waals surface area contributed by atoms with Crippen molar-refractivity contribution in [1.82, 2.24) is 15.5 Å².